The van der Waals surface area contributed by atoms with Crippen LogP contribution in [-0.4, -0.2) is 14.3 Å². The lowest BCUT2D eigenvalue weighted by atomic mass is 10.2. The van der Waals surface area contributed by atoms with Gasteiger partial charge in [0.05, 0.1) is 4.90 Å². The Bertz CT molecular complexity index is 818. The first-order valence-electron chi connectivity index (χ1n) is 7.43. The number of amides is 1. The zero-order chi connectivity index (χ0) is 17.7. The fourth-order valence-electron chi connectivity index (χ4n) is 1.89. The van der Waals surface area contributed by atoms with Gasteiger partial charge in [-0.3, -0.25) is 4.79 Å². The Labute approximate surface area is 147 Å². The van der Waals surface area contributed by atoms with Crippen LogP contribution in [0.2, 0.25) is 5.02 Å². The third-order valence-corrected chi connectivity index (χ3v) is 4.95. The maximum absolute atomic E-state index is 12.2. The van der Waals surface area contributed by atoms with Crippen LogP contribution >= 0.6 is 11.6 Å². The van der Waals surface area contributed by atoms with Crippen LogP contribution in [-0.2, 0) is 21.4 Å². The molecule has 0 fully saturated rings. The number of benzene rings is 2. The molecular formula is C17H19ClN2O3S. The minimum Gasteiger partial charge on any atom is -0.326 e. The molecule has 0 aliphatic rings. The maximum atomic E-state index is 12.2. The van der Waals surface area contributed by atoms with E-state index in [1.165, 1.54) is 12.1 Å². The lowest BCUT2D eigenvalue weighted by Crippen LogP contribution is -2.23. The van der Waals surface area contributed by atoms with E-state index in [-0.39, 0.29) is 23.3 Å². The van der Waals surface area contributed by atoms with Crippen molar-refractivity contribution in [1.29, 1.82) is 0 Å². The summed E-state index contributed by atoms with van der Waals surface area (Å²) in [5.74, 6) is -0.168. The smallest absolute Gasteiger partial charge is 0.240 e. The Morgan fingerprint density at radius 1 is 1.12 bits per heavy atom. The number of halogens is 1. The van der Waals surface area contributed by atoms with E-state index in [0.29, 0.717) is 10.7 Å². The van der Waals surface area contributed by atoms with Crippen LogP contribution in [0.25, 0.3) is 0 Å². The van der Waals surface area contributed by atoms with Gasteiger partial charge in [0.15, 0.2) is 0 Å². The highest BCUT2D eigenvalue weighted by atomic mass is 35.5. The summed E-state index contributed by atoms with van der Waals surface area (Å²) in [6.45, 7) is 3.77. The van der Waals surface area contributed by atoms with Gasteiger partial charge in [0.25, 0.3) is 0 Å². The molecule has 0 unspecified atom stereocenters. The van der Waals surface area contributed by atoms with Crippen molar-refractivity contribution in [3.8, 4) is 0 Å². The van der Waals surface area contributed by atoms with Crippen molar-refractivity contribution >= 4 is 33.2 Å². The Hall–Kier alpha value is -1.89. The highest BCUT2D eigenvalue weighted by Crippen LogP contribution is 2.16. The maximum Gasteiger partial charge on any atom is 0.240 e. The van der Waals surface area contributed by atoms with Gasteiger partial charge in [-0.1, -0.05) is 43.6 Å². The number of carbonyl (C=O) groups is 1. The van der Waals surface area contributed by atoms with Gasteiger partial charge in [-0.05, 0) is 35.9 Å². The second-order valence-corrected chi connectivity index (χ2v) is 7.83. The summed E-state index contributed by atoms with van der Waals surface area (Å²) in [7, 11) is -3.63. The van der Waals surface area contributed by atoms with Gasteiger partial charge < -0.3 is 5.32 Å². The summed E-state index contributed by atoms with van der Waals surface area (Å²) in [6, 6.07) is 13.1. The molecule has 0 heterocycles. The second-order valence-electron chi connectivity index (χ2n) is 5.62. The molecule has 0 bridgehead atoms. The van der Waals surface area contributed by atoms with Crippen molar-refractivity contribution in [1.82, 2.24) is 4.72 Å². The summed E-state index contributed by atoms with van der Waals surface area (Å²) in [4.78, 5) is 11.7. The summed E-state index contributed by atoms with van der Waals surface area (Å²) >= 11 is 5.82. The molecule has 0 atom stereocenters. The molecule has 2 aromatic rings. The summed E-state index contributed by atoms with van der Waals surface area (Å²) in [5.41, 5.74) is 1.46. The highest BCUT2D eigenvalue weighted by Gasteiger charge is 2.14. The molecule has 24 heavy (non-hydrogen) atoms. The predicted octanol–water partition coefficient (Wildman–Crippen LogP) is 3.41. The molecule has 2 rings (SSSR count). The van der Waals surface area contributed by atoms with Crippen LogP contribution in [0.3, 0.4) is 0 Å². The van der Waals surface area contributed by atoms with E-state index < -0.39 is 10.0 Å². The number of rotatable bonds is 6. The fraction of sp³-hybridized carbons (Fsp3) is 0.235. The van der Waals surface area contributed by atoms with Crippen LogP contribution in [0.5, 0.6) is 0 Å². The Morgan fingerprint density at radius 3 is 2.38 bits per heavy atom. The zero-order valence-electron chi connectivity index (χ0n) is 13.4. The predicted molar refractivity (Wildman–Crippen MR) is 95.4 cm³/mol. The molecule has 0 aliphatic carbocycles. The van der Waals surface area contributed by atoms with E-state index in [4.69, 9.17) is 11.6 Å². The van der Waals surface area contributed by atoms with Gasteiger partial charge in [-0.2, -0.15) is 0 Å². The summed E-state index contributed by atoms with van der Waals surface area (Å²) < 4.78 is 27.0. The minimum absolute atomic E-state index is 0.0654. The number of sulfonamides is 1. The second kappa shape index (κ2) is 7.79. The summed E-state index contributed by atoms with van der Waals surface area (Å²) in [5, 5.41) is 3.14. The molecule has 2 N–H and O–H groups in total. The van der Waals surface area contributed by atoms with Gasteiger partial charge in [-0.15, -0.1) is 0 Å². The van der Waals surface area contributed by atoms with Crippen LogP contribution in [0.15, 0.2) is 53.4 Å². The third-order valence-electron chi connectivity index (χ3n) is 3.32. The molecule has 0 aromatic heterocycles. The van der Waals surface area contributed by atoms with Gasteiger partial charge in [0, 0.05) is 23.2 Å². The first kappa shape index (κ1) is 18.4. The Balaban J connectivity index is 2.00. The normalized spacial score (nSPS) is 11.5. The molecule has 0 saturated heterocycles. The van der Waals surface area contributed by atoms with Gasteiger partial charge in [0.1, 0.15) is 0 Å². The van der Waals surface area contributed by atoms with Crippen LogP contribution < -0.4 is 10.0 Å². The highest BCUT2D eigenvalue weighted by molar-refractivity contribution is 7.89. The fourth-order valence-corrected chi connectivity index (χ4v) is 3.21. The lowest BCUT2D eigenvalue weighted by molar-refractivity contribution is -0.118. The number of anilines is 1. The van der Waals surface area contributed by atoms with Crippen molar-refractivity contribution < 1.29 is 13.2 Å². The van der Waals surface area contributed by atoms with Crippen molar-refractivity contribution in [2.45, 2.75) is 25.3 Å². The average molecular weight is 367 g/mol. The molecular weight excluding hydrogens is 348 g/mol. The molecule has 5 nitrogen and oxygen atoms in total. The molecule has 0 saturated carbocycles. The first-order chi connectivity index (χ1) is 11.3. The van der Waals surface area contributed by atoms with Crippen molar-refractivity contribution in [2.75, 3.05) is 5.32 Å². The standard InChI is InChI=1S/C17H19ClN2O3S/c1-12(2)17(21)20-15-8-6-13(7-9-15)11-19-24(22,23)16-5-3-4-14(18)10-16/h3-10,12,19H,11H2,1-2H3,(H,20,21). The summed E-state index contributed by atoms with van der Waals surface area (Å²) in [6.07, 6.45) is 0. The molecule has 0 radical (unpaired) electrons. The van der Waals surface area contributed by atoms with Crippen molar-refractivity contribution in [3.05, 3.63) is 59.1 Å². The van der Waals surface area contributed by atoms with Crippen LogP contribution in [0.4, 0.5) is 5.69 Å². The van der Waals surface area contributed by atoms with Crippen molar-refractivity contribution in [2.24, 2.45) is 5.92 Å². The molecule has 0 spiro atoms. The molecule has 2 aromatic carbocycles. The largest absolute Gasteiger partial charge is 0.326 e. The van der Waals surface area contributed by atoms with E-state index >= 15 is 0 Å². The van der Waals surface area contributed by atoms with Crippen molar-refractivity contribution in [3.63, 3.8) is 0 Å². The number of carbonyl (C=O) groups excluding carboxylic acids is 1. The van der Waals surface area contributed by atoms with E-state index in [2.05, 4.69) is 10.0 Å². The van der Waals surface area contributed by atoms with Crippen LogP contribution in [0, 0.1) is 5.92 Å². The molecule has 0 aliphatic heterocycles. The third kappa shape index (κ3) is 5.06. The minimum atomic E-state index is -3.63. The quantitative estimate of drug-likeness (QED) is 0.822. The number of hydrogen-bond acceptors (Lipinski definition) is 3. The number of nitrogens with one attached hydrogen (secondary N) is 2. The molecule has 128 valence electrons. The van der Waals surface area contributed by atoms with Gasteiger partial charge in [0.2, 0.25) is 15.9 Å². The van der Waals surface area contributed by atoms with Gasteiger partial charge in [-0.25, -0.2) is 13.1 Å². The van der Waals surface area contributed by atoms with E-state index in [0.717, 1.165) is 5.56 Å². The van der Waals surface area contributed by atoms with E-state index in [1.54, 1.807) is 36.4 Å². The number of hydrogen-bond donors (Lipinski definition) is 2. The molecule has 7 heteroatoms. The topological polar surface area (TPSA) is 75.3 Å². The monoisotopic (exact) mass is 366 g/mol. The average Bonchev–Trinajstić information content (AvgIpc) is 2.54. The zero-order valence-corrected chi connectivity index (χ0v) is 15.0. The van der Waals surface area contributed by atoms with Crippen LogP contribution in [0.1, 0.15) is 19.4 Å². The lowest BCUT2D eigenvalue weighted by Gasteiger charge is -2.10. The van der Waals surface area contributed by atoms with E-state index in [9.17, 15) is 13.2 Å². The molecule has 1 amide bonds. The Morgan fingerprint density at radius 2 is 1.79 bits per heavy atom. The Kier molecular flexibility index (Phi) is 5.99. The van der Waals surface area contributed by atoms with Gasteiger partial charge >= 0.3 is 0 Å². The van der Waals surface area contributed by atoms with E-state index in [1.807, 2.05) is 13.8 Å². The SMILES string of the molecule is CC(C)C(=O)Nc1ccc(CNS(=O)(=O)c2cccc(Cl)c2)cc1. The first-order valence-corrected chi connectivity index (χ1v) is 9.29.